The Balaban J connectivity index is 3.71. The van der Waals surface area contributed by atoms with Gasteiger partial charge in [-0.25, -0.2) is 0 Å². The predicted molar refractivity (Wildman–Crippen MR) is 21.4 cm³/mol. The van der Waals surface area contributed by atoms with Crippen LogP contribution >= 0.6 is 0 Å². The van der Waals surface area contributed by atoms with Crippen LogP contribution < -0.4 is 0 Å². The normalized spacial score (nSPS) is 12.8. The average molecular weight is 123 g/mol. The summed E-state index contributed by atoms with van der Waals surface area (Å²) in [6.45, 7) is -1.14. The highest BCUT2D eigenvalue weighted by Gasteiger charge is 2.32. The van der Waals surface area contributed by atoms with Crippen molar-refractivity contribution in [2.24, 2.45) is 0 Å². The zero-order valence-electron chi connectivity index (χ0n) is 3.94. The average Bonchev–Trinajstić information content (AvgIpc) is 1.67. The van der Waals surface area contributed by atoms with E-state index < -0.39 is 18.7 Å². The van der Waals surface area contributed by atoms with Gasteiger partial charge in [-0.3, -0.25) is 0 Å². The molecular formula is C3H7O5. The third-order valence-corrected chi connectivity index (χ3v) is 0.579. The van der Waals surface area contributed by atoms with Gasteiger partial charge in [0, 0.05) is 0 Å². The van der Waals surface area contributed by atoms with Crippen molar-refractivity contribution in [2.75, 3.05) is 6.61 Å². The SMILES string of the molecule is OCC(O)(O)[C](O)O. The Bertz CT molecular complexity index is 68.1. The lowest BCUT2D eigenvalue weighted by atomic mass is 10.3. The third kappa shape index (κ3) is 1.73. The summed E-state index contributed by atoms with van der Waals surface area (Å²) in [5.41, 5.74) is 0. The van der Waals surface area contributed by atoms with Gasteiger partial charge >= 0.3 is 0 Å². The first-order valence-electron chi connectivity index (χ1n) is 1.81. The van der Waals surface area contributed by atoms with E-state index in [-0.39, 0.29) is 0 Å². The Kier molecular flexibility index (Phi) is 2.32. The van der Waals surface area contributed by atoms with Crippen molar-refractivity contribution in [2.45, 2.75) is 5.79 Å². The molecule has 5 nitrogen and oxygen atoms in total. The van der Waals surface area contributed by atoms with Crippen LogP contribution in [0.3, 0.4) is 0 Å². The maximum Gasteiger partial charge on any atom is 0.282 e. The van der Waals surface area contributed by atoms with Gasteiger partial charge in [0.1, 0.15) is 6.61 Å². The van der Waals surface area contributed by atoms with Gasteiger partial charge in [-0.15, -0.1) is 0 Å². The van der Waals surface area contributed by atoms with Crippen molar-refractivity contribution < 1.29 is 25.5 Å². The fourth-order valence-corrected chi connectivity index (χ4v) is 0.0707. The fourth-order valence-electron chi connectivity index (χ4n) is 0.0707. The van der Waals surface area contributed by atoms with Gasteiger partial charge in [0.05, 0.1) is 0 Å². The Morgan fingerprint density at radius 1 is 1.25 bits per heavy atom. The summed E-state index contributed by atoms with van der Waals surface area (Å²) >= 11 is 0. The molecule has 0 saturated heterocycles. The summed E-state index contributed by atoms with van der Waals surface area (Å²) < 4.78 is 0. The molecule has 0 aliphatic rings. The second-order valence-corrected chi connectivity index (χ2v) is 1.30. The molecule has 0 saturated carbocycles. The van der Waals surface area contributed by atoms with Crippen LogP contribution in [0.4, 0.5) is 0 Å². The van der Waals surface area contributed by atoms with E-state index in [1.165, 1.54) is 0 Å². The van der Waals surface area contributed by atoms with E-state index in [9.17, 15) is 0 Å². The fraction of sp³-hybridized carbons (Fsp3) is 0.667. The van der Waals surface area contributed by atoms with E-state index in [1.807, 2.05) is 0 Å². The highest BCUT2D eigenvalue weighted by Crippen LogP contribution is 2.07. The van der Waals surface area contributed by atoms with Crippen molar-refractivity contribution in [1.29, 1.82) is 0 Å². The summed E-state index contributed by atoms with van der Waals surface area (Å²) in [6.07, 6.45) is -1.61. The lowest BCUT2D eigenvalue weighted by Crippen LogP contribution is -2.39. The van der Waals surface area contributed by atoms with Gasteiger partial charge in [-0.05, 0) is 0 Å². The molecule has 0 unspecified atom stereocenters. The molecule has 5 N–H and O–H groups in total. The molecule has 0 fully saturated rings. The lowest BCUT2D eigenvalue weighted by Gasteiger charge is -2.17. The van der Waals surface area contributed by atoms with Gasteiger partial charge in [0.25, 0.3) is 6.29 Å². The molecule has 0 aliphatic carbocycles. The van der Waals surface area contributed by atoms with E-state index in [4.69, 9.17) is 25.5 Å². The second kappa shape index (κ2) is 2.38. The monoisotopic (exact) mass is 123 g/mol. The molecule has 49 valence electrons. The Labute approximate surface area is 45.4 Å². The van der Waals surface area contributed by atoms with Crippen LogP contribution in [0.5, 0.6) is 0 Å². The quantitative estimate of drug-likeness (QED) is 0.271. The van der Waals surface area contributed by atoms with Gasteiger partial charge < -0.3 is 25.5 Å². The van der Waals surface area contributed by atoms with Crippen molar-refractivity contribution >= 4 is 0 Å². The largest absolute Gasteiger partial charge is 0.391 e. The molecule has 0 rings (SSSR count). The van der Waals surface area contributed by atoms with Crippen LogP contribution in [0, 0.1) is 6.29 Å². The minimum Gasteiger partial charge on any atom is -0.391 e. The molecule has 0 bridgehead atoms. The number of hydrogen-bond acceptors (Lipinski definition) is 5. The molecule has 0 heterocycles. The summed E-state index contributed by atoms with van der Waals surface area (Å²) in [5, 5.41) is 40.0. The molecule has 0 atom stereocenters. The van der Waals surface area contributed by atoms with Crippen LogP contribution in [-0.2, 0) is 0 Å². The van der Waals surface area contributed by atoms with Crippen LogP contribution in [0.2, 0.25) is 0 Å². The molecule has 1 radical (unpaired) electrons. The van der Waals surface area contributed by atoms with Crippen LogP contribution in [-0.4, -0.2) is 37.9 Å². The summed E-state index contributed by atoms with van der Waals surface area (Å²) in [4.78, 5) is 0. The zero-order chi connectivity index (χ0) is 6.78. The zero-order valence-corrected chi connectivity index (χ0v) is 3.94. The second-order valence-electron chi connectivity index (χ2n) is 1.30. The minimum atomic E-state index is -2.88. The van der Waals surface area contributed by atoms with Crippen LogP contribution in [0.25, 0.3) is 0 Å². The molecule has 0 spiro atoms. The summed E-state index contributed by atoms with van der Waals surface area (Å²) in [7, 11) is 0. The first kappa shape index (κ1) is 7.80. The summed E-state index contributed by atoms with van der Waals surface area (Å²) in [5.74, 6) is -2.88. The molecule has 0 aromatic heterocycles. The molecule has 8 heavy (non-hydrogen) atoms. The van der Waals surface area contributed by atoms with E-state index in [0.717, 1.165) is 0 Å². The van der Waals surface area contributed by atoms with Crippen LogP contribution in [0.1, 0.15) is 0 Å². The van der Waals surface area contributed by atoms with Crippen molar-refractivity contribution in [3.8, 4) is 0 Å². The predicted octanol–water partition coefficient (Wildman–Crippen LogP) is -2.11. The topological polar surface area (TPSA) is 101 Å². The maximum absolute atomic E-state index is 8.17. The lowest BCUT2D eigenvalue weighted by molar-refractivity contribution is -0.244. The van der Waals surface area contributed by atoms with Gasteiger partial charge in [0.15, 0.2) is 0 Å². The molecule has 0 aromatic carbocycles. The van der Waals surface area contributed by atoms with Crippen molar-refractivity contribution in [3.05, 3.63) is 6.29 Å². The maximum atomic E-state index is 8.17. The highest BCUT2D eigenvalue weighted by molar-refractivity contribution is 4.78. The highest BCUT2D eigenvalue weighted by atomic mass is 16.6. The smallest absolute Gasteiger partial charge is 0.282 e. The number of aliphatic hydroxyl groups excluding tert-OH is 2. The first-order valence-corrected chi connectivity index (χ1v) is 1.81. The van der Waals surface area contributed by atoms with Gasteiger partial charge in [0.2, 0.25) is 5.79 Å². The number of hydrogen-bond donors (Lipinski definition) is 5. The van der Waals surface area contributed by atoms with E-state index in [1.54, 1.807) is 0 Å². The number of rotatable bonds is 2. The van der Waals surface area contributed by atoms with Crippen molar-refractivity contribution in [1.82, 2.24) is 0 Å². The molecule has 0 aliphatic heterocycles. The van der Waals surface area contributed by atoms with Crippen molar-refractivity contribution in [3.63, 3.8) is 0 Å². The standard InChI is InChI=1S/C3H7O5/c4-1-3(7,8)2(5)6/h4-8H,1H2. The molecular weight excluding hydrogens is 116 g/mol. The van der Waals surface area contributed by atoms with Gasteiger partial charge in [-0.2, -0.15) is 0 Å². The third-order valence-electron chi connectivity index (χ3n) is 0.579. The molecule has 0 aromatic rings. The van der Waals surface area contributed by atoms with E-state index >= 15 is 0 Å². The Morgan fingerprint density at radius 3 is 1.62 bits per heavy atom. The van der Waals surface area contributed by atoms with Gasteiger partial charge in [-0.1, -0.05) is 0 Å². The van der Waals surface area contributed by atoms with E-state index in [0.29, 0.717) is 0 Å². The first-order chi connectivity index (χ1) is 3.50. The Morgan fingerprint density at radius 2 is 1.62 bits per heavy atom. The van der Waals surface area contributed by atoms with Crippen LogP contribution in [0.15, 0.2) is 0 Å². The minimum absolute atomic E-state index is 1.14. The number of aliphatic hydroxyl groups is 5. The molecule has 0 amide bonds. The van der Waals surface area contributed by atoms with E-state index in [2.05, 4.69) is 0 Å². The Hall–Kier alpha value is -0.200. The molecule has 5 heteroatoms. The summed E-state index contributed by atoms with van der Waals surface area (Å²) in [6, 6.07) is 0.